The lowest BCUT2D eigenvalue weighted by Crippen LogP contribution is -2.20. The van der Waals surface area contributed by atoms with Crippen molar-refractivity contribution in [1.82, 2.24) is 9.97 Å². The maximum atomic E-state index is 12.1. The number of benzene rings is 2. The third kappa shape index (κ3) is 4.23. The van der Waals surface area contributed by atoms with Crippen LogP contribution in [0.1, 0.15) is 12.7 Å². The molecule has 0 bridgehead atoms. The Hall–Kier alpha value is -3.15. The Morgan fingerprint density at radius 1 is 1.04 bits per heavy atom. The third-order valence-corrected chi connectivity index (χ3v) is 3.47. The number of hydrogen-bond acceptors (Lipinski definition) is 5. The Kier molecular flexibility index (Phi) is 5.09. The van der Waals surface area contributed by atoms with Gasteiger partial charge >= 0.3 is 0 Å². The van der Waals surface area contributed by atoms with Crippen molar-refractivity contribution < 1.29 is 14.3 Å². The standard InChI is InChI=1S/C19H19N3O3/c1-3-24-15-10-8-14(9-11-15)22-18(23)12-25-19-16-6-4-5-7-17(16)20-13(2)21-19/h4-11H,3,12H2,1-2H3,(H,22,23). The molecular formula is C19H19N3O3. The van der Waals surface area contributed by atoms with Crippen molar-refractivity contribution in [3.63, 3.8) is 0 Å². The maximum Gasteiger partial charge on any atom is 0.262 e. The first kappa shape index (κ1) is 16.7. The molecule has 0 atom stereocenters. The first-order valence-corrected chi connectivity index (χ1v) is 8.04. The summed E-state index contributed by atoms with van der Waals surface area (Å²) in [6.07, 6.45) is 0. The van der Waals surface area contributed by atoms with Crippen molar-refractivity contribution in [3.05, 3.63) is 54.4 Å². The van der Waals surface area contributed by atoms with E-state index < -0.39 is 0 Å². The first-order chi connectivity index (χ1) is 12.2. The molecule has 0 spiro atoms. The molecule has 2 aromatic carbocycles. The zero-order valence-electron chi connectivity index (χ0n) is 14.2. The van der Waals surface area contributed by atoms with Gasteiger partial charge in [-0.1, -0.05) is 12.1 Å². The van der Waals surface area contributed by atoms with Gasteiger partial charge in [-0.2, -0.15) is 4.98 Å². The summed E-state index contributed by atoms with van der Waals surface area (Å²) in [7, 11) is 0. The van der Waals surface area contributed by atoms with E-state index in [0.717, 1.165) is 16.7 Å². The van der Waals surface area contributed by atoms with Crippen LogP contribution < -0.4 is 14.8 Å². The molecule has 1 N–H and O–H groups in total. The summed E-state index contributed by atoms with van der Waals surface area (Å²) in [6, 6.07) is 14.7. The van der Waals surface area contributed by atoms with E-state index in [2.05, 4.69) is 15.3 Å². The molecule has 6 nitrogen and oxygen atoms in total. The van der Waals surface area contributed by atoms with Crippen LogP contribution in [0.2, 0.25) is 0 Å². The molecule has 0 radical (unpaired) electrons. The lowest BCUT2D eigenvalue weighted by molar-refractivity contribution is -0.118. The van der Waals surface area contributed by atoms with Crippen molar-refractivity contribution >= 4 is 22.5 Å². The number of carbonyl (C=O) groups is 1. The van der Waals surface area contributed by atoms with E-state index in [9.17, 15) is 4.79 Å². The van der Waals surface area contributed by atoms with Crippen LogP contribution >= 0.6 is 0 Å². The van der Waals surface area contributed by atoms with E-state index in [1.165, 1.54) is 0 Å². The molecule has 1 heterocycles. The van der Waals surface area contributed by atoms with Crippen molar-refractivity contribution in [2.45, 2.75) is 13.8 Å². The minimum absolute atomic E-state index is 0.131. The second-order valence-corrected chi connectivity index (χ2v) is 5.39. The highest BCUT2D eigenvalue weighted by Crippen LogP contribution is 2.22. The fraction of sp³-hybridized carbons (Fsp3) is 0.211. The molecule has 0 unspecified atom stereocenters. The summed E-state index contributed by atoms with van der Waals surface area (Å²) in [5.74, 6) is 1.51. The molecule has 128 valence electrons. The number of para-hydroxylation sites is 1. The number of aromatic nitrogens is 2. The predicted molar refractivity (Wildman–Crippen MR) is 96.0 cm³/mol. The fourth-order valence-corrected chi connectivity index (χ4v) is 2.40. The van der Waals surface area contributed by atoms with Crippen LogP contribution in [0.4, 0.5) is 5.69 Å². The Morgan fingerprint density at radius 3 is 2.56 bits per heavy atom. The lowest BCUT2D eigenvalue weighted by atomic mass is 10.2. The summed E-state index contributed by atoms with van der Waals surface area (Å²) in [6.45, 7) is 4.18. The van der Waals surface area contributed by atoms with Crippen molar-refractivity contribution in [1.29, 1.82) is 0 Å². The zero-order chi connectivity index (χ0) is 17.6. The van der Waals surface area contributed by atoms with Gasteiger partial charge in [-0.25, -0.2) is 4.98 Å². The number of fused-ring (bicyclic) bond motifs is 1. The topological polar surface area (TPSA) is 73.3 Å². The number of nitrogens with one attached hydrogen (secondary N) is 1. The van der Waals surface area contributed by atoms with Crippen LogP contribution in [0.15, 0.2) is 48.5 Å². The van der Waals surface area contributed by atoms with Crippen LogP contribution in [0.25, 0.3) is 10.9 Å². The van der Waals surface area contributed by atoms with E-state index in [0.29, 0.717) is 24.0 Å². The van der Waals surface area contributed by atoms with E-state index >= 15 is 0 Å². The van der Waals surface area contributed by atoms with E-state index in [4.69, 9.17) is 9.47 Å². The summed E-state index contributed by atoms with van der Waals surface area (Å²) >= 11 is 0. The number of aryl methyl sites for hydroxylation is 1. The van der Waals surface area contributed by atoms with Crippen LogP contribution in [0, 0.1) is 6.92 Å². The van der Waals surface area contributed by atoms with Gasteiger partial charge in [-0.3, -0.25) is 4.79 Å². The van der Waals surface area contributed by atoms with Gasteiger partial charge in [0.2, 0.25) is 5.88 Å². The Bertz CT molecular complexity index is 879. The Labute approximate surface area is 145 Å². The van der Waals surface area contributed by atoms with Crippen molar-refractivity contribution in [2.75, 3.05) is 18.5 Å². The average molecular weight is 337 g/mol. The quantitative estimate of drug-likeness (QED) is 0.747. The Balaban J connectivity index is 1.64. The number of amides is 1. The van der Waals surface area contributed by atoms with Gasteiger partial charge in [0, 0.05) is 5.69 Å². The minimum Gasteiger partial charge on any atom is -0.494 e. The third-order valence-electron chi connectivity index (χ3n) is 3.47. The summed E-state index contributed by atoms with van der Waals surface area (Å²) in [5, 5.41) is 3.56. The molecule has 0 aliphatic carbocycles. The fourth-order valence-electron chi connectivity index (χ4n) is 2.40. The summed E-state index contributed by atoms with van der Waals surface area (Å²) in [4.78, 5) is 20.7. The van der Waals surface area contributed by atoms with Crippen LogP contribution in [0.3, 0.4) is 0 Å². The number of nitrogens with zero attached hydrogens (tertiary/aromatic N) is 2. The maximum absolute atomic E-state index is 12.1. The molecule has 3 rings (SSSR count). The number of carbonyl (C=O) groups excluding carboxylic acids is 1. The molecule has 0 fully saturated rings. The van der Waals surface area contributed by atoms with Gasteiger partial charge in [-0.05, 0) is 50.2 Å². The van der Waals surface area contributed by atoms with Gasteiger partial charge in [0.15, 0.2) is 6.61 Å². The number of ether oxygens (including phenoxy) is 2. The molecule has 1 amide bonds. The van der Waals surface area contributed by atoms with Crippen LogP contribution in [-0.4, -0.2) is 29.1 Å². The second kappa shape index (κ2) is 7.61. The largest absolute Gasteiger partial charge is 0.494 e. The van der Waals surface area contributed by atoms with Crippen LogP contribution in [0.5, 0.6) is 11.6 Å². The second-order valence-electron chi connectivity index (χ2n) is 5.39. The van der Waals surface area contributed by atoms with Gasteiger partial charge in [0.25, 0.3) is 5.91 Å². The zero-order valence-corrected chi connectivity index (χ0v) is 14.2. The molecule has 3 aromatic rings. The minimum atomic E-state index is -0.260. The van der Waals surface area contributed by atoms with Gasteiger partial charge < -0.3 is 14.8 Å². The first-order valence-electron chi connectivity index (χ1n) is 8.04. The smallest absolute Gasteiger partial charge is 0.262 e. The highest BCUT2D eigenvalue weighted by molar-refractivity contribution is 5.92. The van der Waals surface area contributed by atoms with Gasteiger partial charge in [0.1, 0.15) is 11.6 Å². The SMILES string of the molecule is CCOc1ccc(NC(=O)COc2nc(C)nc3ccccc23)cc1. The van der Waals surface area contributed by atoms with Crippen molar-refractivity contribution in [3.8, 4) is 11.6 Å². The molecule has 25 heavy (non-hydrogen) atoms. The molecule has 6 heteroatoms. The monoisotopic (exact) mass is 337 g/mol. The van der Waals surface area contributed by atoms with E-state index in [1.54, 1.807) is 31.2 Å². The normalized spacial score (nSPS) is 10.5. The highest BCUT2D eigenvalue weighted by atomic mass is 16.5. The molecule has 0 aliphatic heterocycles. The van der Waals surface area contributed by atoms with E-state index in [1.807, 2.05) is 31.2 Å². The molecular weight excluding hydrogens is 318 g/mol. The number of anilines is 1. The summed E-state index contributed by atoms with van der Waals surface area (Å²) in [5.41, 5.74) is 1.47. The van der Waals surface area contributed by atoms with Gasteiger partial charge in [0.05, 0.1) is 17.5 Å². The molecule has 0 saturated carbocycles. The lowest BCUT2D eigenvalue weighted by Gasteiger charge is -2.10. The molecule has 0 aliphatic rings. The number of hydrogen-bond donors (Lipinski definition) is 1. The molecule has 0 saturated heterocycles. The highest BCUT2D eigenvalue weighted by Gasteiger charge is 2.09. The van der Waals surface area contributed by atoms with Gasteiger partial charge in [-0.15, -0.1) is 0 Å². The summed E-state index contributed by atoms with van der Waals surface area (Å²) < 4.78 is 11.0. The van der Waals surface area contributed by atoms with Crippen molar-refractivity contribution in [2.24, 2.45) is 0 Å². The average Bonchev–Trinajstić information content (AvgIpc) is 2.61. The molecule has 1 aromatic heterocycles. The van der Waals surface area contributed by atoms with Crippen LogP contribution in [-0.2, 0) is 4.79 Å². The number of rotatable bonds is 6. The van der Waals surface area contributed by atoms with E-state index in [-0.39, 0.29) is 12.5 Å². The Morgan fingerprint density at radius 2 is 1.80 bits per heavy atom. The predicted octanol–water partition coefficient (Wildman–Crippen LogP) is 3.35.